The molecule has 0 amide bonds. The van der Waals surface area contributed by atoms with Crippen molar-refractivity contribution in [3.05, 3.63) is 67.7 Å². The highest BCUT2D eigenvalue weighted by Crippen LogP contribution is 2.28. The largest absolute Gasteiger partial charge is 0.381 e. The highest BCUT2D eigenvalue weighted by Gasteiger charge is 2.14. The van der Waals surface area contributed by atoms with Gasteiger partial charge in [-0.15, -0.1) is 0 Å². The van der Waals surface area contributed by atoms with E-state index < -0.39 is 16.6 Å². The molecule has 110 valence electrons. The van der Waals surface area contributed by atoms with E-state index in [0.29, 0.717) is 5.69 Å². The summed E-state index contributed by atoms with van der Waals surface area (Å²) in [5.74, 6) is -1.34. The van der Waals surface area contributed by atoms with Gasteiger partial charge < -0.3 is 5.32 Å². The average molecular weight is 333 g/mol. The molecule has 2 aromatic carbocycles. The quantitative estimate of drug-likeness (QED) is 0.497. The van der Waals surface area contributed by atoms with Gasteiger partial charge in [-0.2, -0.15) is 0 Å². The molecule has 21 heavy (non-hydrogen) atoms. The molecule has 8 heteroatoms. The van der Waals surface area contributed by atoms with Crippen LogP contribution >= 0.6 is 23.2 Å². The van der Waals surface area contributed by atoms with E-state index in [4.69, 9.17) is 23.2 Å². The van der Waals surface area contributed by atoms with Gasteiger partial charge in [0.1, 0.15) is 5.82 Å². The zero-order valence-electron chi connectivity index (χ0n) is 10.4. The summed E-state index contributed by atoms with van der Waals surface area (Å²) in [6.07, 6.45) is 0. The van der Waals surface area contributed by atoms with E-state index in [1.807, 2.05) is 0 Å². The van der Waals surface area contributed by atoms with Crippen LogP contribution in [0.3, 0.4) is 0 Å². The number of rotatable bonds is 4. The first-order valence-corrected chi connectivity index (χ1v) is 6.45. The van der Waals surface area contributed by atoms with Crippen molar-refractivity contribution in [3.8, 4) is 0 Å². The minimum Gasteiger partial charge on any atom is -0.381 e. The molecule has 2 aromatic rings. The van der Waals surface area contributed by atoms with E-state index in [9.17, 15) is 18.9 Å². The number of hydrogen-bond acceptors (Lipinski definition) is 3. The number of nitrogens with one attached hydrogen (secondary N) is 1. The van der Waals surface area contributed by atoms with Crippen LogP contribution in [0.15, 0.2) is 30.3 Å². The maximum absolute atomic E-state index is 13.3. The summed E-state index contributed by atoms with van der Waals surface area (Å²) in [4.78, 5) is 10.3. The molecule has 0 fully saturated rings. The van der Waals surface area contributed by atoms with Gasteiger partial charge in [0.25, 0.3) is 5.69 Å². The maximum atomic E-state index is 13.3. The second-order valence-electron chi connectivity index (χ2n) is 4.14. The minimum atomic E-state index is -0.749. The van der Waals surface area contributed by atoms with Crippen LogP contribution in [0.2, 0.25) is 10.0 Å². The number of nitro groups is 1. The molecule has 0 aromatic heterocycles. The lowest BCUT2D eigenvalue weighted by Crippen LogP contribution is -2.04. The van der Waals surface area contributed by atoms with Crippen LogP contribution < -0.4 is 5.32 Å². The lowest BCUT2D eigenvalue weighted by molar-refractivity contribution is -0.385. The molecule has 0 aliphatic carbocycles. The Bertz CT molecular complexity index is 688. The Morgan fingerprint density at radius 2 is 1.76 bits per heavy atom. The van der Waals surface area contributed by atoms with Crippen molar-refractivity contribution in [1.29, 1.82) is 0 Å². The Hall–Kier alpha value is -1.92. The molecular weight excluding hydrogens is 325 g/mol. The van der Waals surface area contributed by atoms with Gasteiger partial charge in [-0.25, -0.2) is 8.78 Å². The maximum Gasteiger partial charge on any atom is 0.274 e. The summed E-state index contributed by atoms with van der Waals surface area (Å²) in [6, 6.07) is 5.71. The van der Waals surface area contributed by atoms with Gasteiger partial charge in [-0.3, -0.25) is 10.1 Å². The Morgan fingerprint density at radius 1 is 1.14 bits per heavy atom. The number of nitro benzene ring substituents is 1. The molecule has 0 atom stereocenters. The first-order chi connectivity index (χ1) is 9.88. The van der Waals surface area contributed by atoms with Crippen molar-refractivity contribution >= 4 is 34.6 Å². The van der Waals surface area contributed by atoms with E-state index in [2.05, 4.69) is 5.32 Å². The Kier molecular flexibility index (Phi) is 4.59. The van der Waals surface area contributed by atoms with Gasteiger partial charge >= 0.3 is 0 Å². The third kappa shape index (κ3) is 3.59. The van der Waals surface area contributed by atoms with Crippen LogP contribution in [0.4, 0.5) is 20.2 Å². The van der Waals surface area contributed by atoms with Gasteiger partial charge in [0.15, 0.2) is 5.82 Å². The molecule has 0 aliphatic rings. The third-order valence-electron chi connectivity index (χ3n) is 2.71. The number of nitrogens with zero attached hydrogens (tertiary/aromatic N) is 1. The van der Waals surface area contributed by atoms with Gasteiger partial charge in [-0.05, 0) is 24.3 Å². The monoisotopic (exact) mass is 332 g/mol. The fraction of sp³-hybridized carbons (Fsp3) is 0.0769. The zero-order valence-corrected chi connectivity index (χ0v) is 11.9. The van der Waals surface area contributed by atoms with E-state index >= 15 is 0 Å². The lowest BCUT2D eigenvalue weighted by atomic mass is 10.1. The molecule has 2 rings (SSSR count). The molecule has 0 spiro atoms. The molecular formula is C13H8Cl2F2N2O2. The summed E-state index contributed by atoms with van der Waals surface area (Å²) < 4.78 is 26.4. The van der Waals surface area contributed by atoms with Crippen LogP contribution in [0.25, 0.3) is 0 Å². The SMILES string of the molecule is O=[N+]([O-])c1ccc(F)cc1CNc1cc(Cl)c(F)c(Cl)c1. The summed E-state index contributed by atoms with van der Waals surface area (Å²) in [5.41, 5.74) is 0.296. The van der Waals surface area contributed by atoms with Crippen LogP contribution in [0.5, 0.6) is 0 Å². The van der Waals surface area contributed by atoms with Crippen molar-refractivity contribution < 1.29 is 13.7 Å². The molecule has 0 aliphatic heterocycles. The fourth-order valence-electron chi connectivity index (χ4n) is 1.73. The first-order valence-electron chi connectivity index (χ1n) is 5.69. The topological polar surface area (TPSA) is 55.2 Å². The predicted octanol–water partition coefficient (Wildman–Crippen LogP) is 4.79. The third-order valence-corrected chi connectivity index (χ3v) is 3.26. The van der Waals surface area contributed by atoms with Crippen LogP contribution in [-0.2, 0) is 6.54 Å². The standard InChI is InChI=1S/C13H8Cl2F2N2O2/c14-10-4-9(5-11(15)13(10)17)18-6-7-3-8(16)1-2-12(7)19(20)21/h1-5,18H,6H2. The zero-order chi connectivity index (χ0) is 15.6. The molecule has 0 bridgehead atoms. The summed E-state index contributed by atoms with van der Waals surface area (Å²) >= 11 is 11.3. The molecule has 0 radical (unpaired) electrons. The number of anilines is 1. The first kappa shape index (κ1) is 15.5. The minimum absolute atomic E-state index is 0.0354. The predicted molar refractivity (Wildman–Crippen MR) is 76.8 cm³/mol. The van der Waals surface area contributed by atoms with Crippen LogP contribution in [0.1, 0.15) is 5.56 Å². The smallest absolute Gasteiger partial charge is 0.274 e. The molecule has 0 heterocycles. The lowest BCUT2D eigenvalue weighted by Gasteiger charge is -2.09. The molecule has 1 N–H and O–H groups in total. The Labute approximate surface area is 128 Å². The summed E-state index contributed by atoms with van der Waals surface area (Å²) in [6.45, 7) is -0.0354. The van der Waals surface area contributed by atoms with E-state index in [1.54, 1.807) is 0 Å². The van der Waals surface area contributed by atoms with Crippen molar-refractivity contribution in [2.75, 3.05) is 5.32 Å². The second-order valence-corrected chi connectivity index (χ2v) is 4.95. The number of benzene rings is 2. The van der Waals surface area contributed by atoms with E-state index in [0.717, 1.165) is 18.2 Å². The van der Waals surface area contributed by atoms with Gasteiger partial charge in [-0.1, -0.05) is 23.2 Å². The molecule has 0 unspecified atom stereocenters. The summed E-state index contributed by atoms with van der Waals surface area (Å²) in [5, 5.41) is 13.3. The fourth-order valence-corrected chi connectivity index (χ4v) is 2.22. The van der Waals surface area contributed by atoms with Gasteiger partial charge in [0, 0.05) is 18.3 Å². The van der Waals surface area contributed by atoms with Crippen molar-refractivity contribution in [1.82, 2.24) is 0 Å². The molecule has 0 saturated carbocycles. The Morgan fingerprint density at radius 3 is 2.33 bits per heavy atom. The van der Waals surface area contributed by atoms with Crippen LogP contribution in [0, 0.1) is 21.7 Å². The molecule has 0 saturated heterocycles. The van der Waals surface area contributed by atoms with Gasteiger partial charge in [0.05, 0.1) is 20.5 Å². The normalized spacial score (nSPS) is 10.5. The highest BCUT2D eigenvalue weighted by atomic mass is 35.5. The molecule has 4 nitrogen and oxygen atoms in total. The van der Waals surface area contributed by atoms with Gasteiger partial charge in [0.2, 0.25) is 0 Å². The van der Waals surface area contributed by atoms with Crippen LogP contribution in [-0.4, -0.2) is 4.92 Å². The Balaban J connectivity index is 2.24. The van der Waals surface area contributed by atoms with E-state index in [1.165, 1.54) is 12.1 Å². The van der Waals surface area contributed by atoms with Crippen molar-refractivity contribution in [2.45, 2.75) is 6.54 Å². The van der Waals surface area contributed by atoms with Crippen molar-refractivity contribution in [2.24, 2.45) is 0 Å². The number of hydrogen-bond donors (Lipinski definition) is 1. The number of halogens is 4. The van der Waals surface area contributed by atoms with E-state index in [-0.39, 0.29) is 27.8 Å². The summed E-state index contributed by atoms with van der Waals surface area (Å²) in [7, 11) is 0. The second kappa shape index (κ2) is 6.24. The highest BCUT2D eigenvalue weighted by molar-refractivity contribution is 6.35. The van der Waals surface area contributed by atoms with Crippen molar-refractivity contribution in [3.63, 3.8) is 0 Å². The average Bonchev–Trinajstić information content (AvgIpc) is 2.42.